The summed E-state index contributed by atoms with van der Waals surface area (Å²) in [4.78, 5) is 2.45. The number of hydrogen-bond donors (Lipinski definition) is 0. The molecule has 0 bridgehead atoms. The van der Waals surface area contributed by atoms with Crippen LogP contribution in [0.2, 0.25) is 0 Å². The van der Waals surface area contributed by atoms with E-state index in [1.807, 2.05) is 26.0 Å². The van der Waals surface area contributed by atoms with Crippen molar-refractivity contribution >= 4 is 22.6 Å². The number of fused-ring (bicyclic) bond motifs is 1. The molecule has 0 saturated carbocycles. The van der Waals surface area contributed by atoms with Crippen LogP contribution in [0, 0.1) is 0 Å². The van der Waals surface area contributed by atoms with E-state index in [9.17, 15) is 0 Å². The molecular formula is C14H22INO2. The minimum absolute atomic E-state index is 0.151. The SMILES string of the molecule is C=CC[C@H]1[C@@H]2OC(C)(C)O[C@@H]2[C@H](CI)N1CC=C. The van der Waals surface area contributed by atoms with Crippen LogP contribution in [0.5, 0.6) is 0 Å². The number of rotatable bonds is 5. The Hall–Kier alpha value is 0.0900. The van der Waals surface area contributed by atoms with Crippen molar-refractivity contribution in [3.63, 3.8) is 0 Å². The number of alkyl halides is 1. The number of ether oxygens (including phenoxy) is 2. The average molecular weight is 363 g/mol. The van der Waals surface area contributed by atoms with E-state index in [0.717, 1.165) is 17.4 Å². The molecule has 0 aromatic carbocycles. The number of nitrogens with zero attached hydrogens (tertiary/aromatic N) is 1. The molecule has 0 unspecified atom stereocenters. The first-order valence-electron chi connectivity index (χ1n) is 6.43. The lowest BCUT2D eigenvalue weighted by molar-refractivity contribution is -0.165. The van der Waals surface area contributed by atoms with Gasteiger partial charge in [-0.25, -0.2) is 0 Å². The zero-order chi connectivity index (χ0) is 13.3. The summed E-state index contributed by atoms with van der Waals surface area (Å²) in [6.45, 7) is 12.6. The summed E-state index contributed by atoms with van der Waals surface area (Å²) in [5.74, 6) is -0.459. The fourth-order valence-corrected chi connectivity index (χ4v) is 4.08. The lowest BCUT2D eigenvalue weighted by Gasteiger charge is -2.32. The smallest absolute Gasteiger partial charge is 0.163 e. The van der Waals surface area contributed by atoms with Crippen LogP contribution in [0.25, 0.3) is 0 Å². The Balaban J connectivity index is 2.24. The number of halogens is 1. The van der Waals surface area contributed by atoms with Crippen molar-refractivity contribution in [2.75, 3.05) is 11.0 Å². The van der Waals surface area contributed by atoms with Gasteiger partial charge in [-0.3, -0.25) is 4.90 Å². The summed E-state index contributed by atoms with van der Waals surface area (Å²) in [7, 11) is 0. The van der Waals surface area contributed by atoms with Crippen LogP contribution in [0.3, 0.4) is 0 Å². The van der Waals surface area contributed by atoms with Crippen molar-refractivity contribution in [2.24, 2.45) is 0 Å². The maximum Gasteiger partial charge on any atom is 0.163 e. The second kappa shape index (κ2) is 5.61. The summed E-state index contributed by atoms with van der Waals surface area (Å²) in [6, 6.07) is 0.757. The Bertz CT molecular complexity index is 332. The molecule has 0 radical (unpaired) electrons. The van der Waals surface area contributed by atoms with Crippen LogP contribution >= 0.6 is 22.6 Å². The van der Waals surface area contributed by atoms with Gasteiger partial charge >= 0.3 is 0 Å². The molecule has 3 nitrogen and oxygen atoms in total. The van der Waals surface area contributed by atoms with Crippen molar-refractivity contribution in [1.82, 2.24) is 4.90 Å². The van der Waals surface area contributed by atoms with Gasteiger partial charge in [0.2, 0.25) is 0 Å². The molecule has 4 atom stereocenters. The molecule has 0 spiro atoms. The third kappa shape index (κ3) is 2.53. The van der Waals surface area contributed by atoms with Gasteiger partial charge in [-0.05, 0) is 20.3 Å². The van der Waals surface area contributed by atoms with Crippen LogP contribution < -0.4 is 0 Å². The highest BCUT2D eigenvalue weighted by Gasteiger charge is 2.56. The maximum absolute atomic E-state index is 6.10. The quantitative estimate of drug-likeness (QED) is 0.426. The van der Waals surface area contributed by atoms with Gasteiger partial charge in [0.25, 0.3) is 0 Å². The molecule has 2 aliphatic rings. The molecule has 0 aromatic heterocycles. The second-order valence-corrected chi connectivity index (χ2v) is 6.24. The van der Waals surface area contributed by atoms with Crippen molar-refractivity contribution in [1.29, 1.82) is 0 Å². The van der Waals surface area contributed by atoms with Crippen LogP contribution in [-0.4, -0.2) is 46.0 Å². The molecule has 2 aliphatic heterocycles. The summed E-state index contributed by atoms with van der Waals surface area (Å²) in [5.41, 5.74) is 0. The van der Waals surface area contributed by atoms with E-state index in [4.69, 9.17) is 9.47 Å². The molecule has 102 valence electrons. The second-order valence-electron chi connectivity index (χ2n) is 5.36. The van der Waals surface area contributed by atoms with E-state index in [2.05, 4.69) is 40.6 Å². The van der Waals surface area contributed by atoms with Gasteiger partial charge < -0.3 is 9.47 Å². The highest BCUT2D eigenvalue weighted by atomic mass is 127. The fraction of sp³-hybridized carbons (Fsp3) is 0.714. The van der Waals surface area contributed by atoms with E-state index < -0.39 is 5.79 Å². The van der Waals surface area contributed by atoms with Crippen molar-refractivity contribution in [2.45, 2.75) is 50.3 Å². The maximum atomic E-state index is 6.10. The third-order valence-corrected chi connectivity index (χ3v) is 4.58. The van der Waals surface area contributed by atoms with Gasteiger partial charge in [0, 0.05) is 23.1 Å². The summed E-state index contributed by atoms with van der Waals surface area (Å²) in [6.07, 6.45) is 5.19. The van der Waals surface area contributed by atoms with Gasteiger partial charge in [0.05, 0.1) is 0 Å². The van der Waals surface area contributed by atoms with E-state index in [1.54, 1.807) is 0 Å². The molecule has 0 N–H and O–H groups in total. The first-order valence-corrected chi connectivity index (χ1v) is 7.95. The minimum Gasteiger partial charge on any atom is -0.343 e. The first-order chi connectivity index (χ1) is 8.54. The number of likely N-dealkylation sites (tertiary alicyclic amines) is 1. The van der Waals surface area contributed by atoms with Crippen molar-refractivity contribution < 1.29 is 9.47 Å². The van der Waals surface area contributed by atoms with Gasteiger partial charge in [-0.1, -0.05) is 34.7 Å². The largest absolute Gasteiger partial charge is 0.343 e. The van der Waals surface area contributed by atoms with Crippen molar-refractivity contribution in [3.8, 4) is 0 Å². The zero-order valence-electron chi connectivity index (χ0n) is 11.1. The summed E-state index contributed by atoms with van der Waals surface area (Å²) < 4.78 is 13.2. The van der Waals surface area contributed by atoms with Gasteiger partial charge in [-0.15, -0.1) is 13.2 Å². The lowest BCUT2D eigenvalue weighted by Crippen LogP contribution is -2.43. The van der Waals surface area contributed by atoms with Crippen LogP contribution in [0.15, 0.2) is 25.3 Å². The van der Waals surface area contributed by atoms with Crippen LogP contribution in [0.1, 0.15) is 20.3 Å². The Morgan fingerprint density at radius 1 is 1.17 bits per heavy atom. The summed E-state index contributed by atoms with van der Waals surface area (Å²) in [5, 5.41) is 0. The predicted octanol–water partition coefficient (Wildman–Crippen LogP) is 2.76. The van der Waals surface area contributed by atoms with E-state index in [1.165, 1.54) is 0 Å². The normalized spacial score (nSPS) is 38.6. The van der Waals surface area contributed by atoms with E-state index in [0.29, 0.717) is 12.1 Å². The first kappa shape index (κ1) is 14.5. The monoisotopic (exact) mass is 363 g/mol. The van der Waals surface area contributed by atoms with Gasteiger partial charge in [0.1, 0.15) is 12.2 Å². The zero-order valence-corrected chi connectivity index (χ0v) is 13.3. The molecule has 0 amide bonds. The Kier molecular flexibility index (Phi) is 4.52. The molecule has 0 aromatic rings. The Morgan fingerprint density at radius 3 is 2.28 bits per heavy atom. The molecular weight excluding hydrogens is 341 g/mol. The lowest BCUT2D eigenvalue weighted by atomic mass is 10.1. The topological polar surface area (TPSA) is 21.7 Å². The molecule has 4 heteroatoms. The molecule has 0 aliphatic carbocycles. The van der Waals surface area contributed by atoms with Crippen molar-refractivity contribution in [3.05, 3.63) is 25.3 Å². The fourth-order valence-electron chi connectivity index (χ4n) is 3.07. The van der Waals surface area contributed by atoms with Crippen LogP contribution in [-0.2, 0) is 9.47 Å². The molecule has 2 heterocycles. The van der Waals surface area contributed by atoms with Gasteiger partial charge in [-0.2, -0.15) is 0 Å². The standard InChI is InChI=1S/C14H22INO2/c1-5-7-10-12-13(18-14(3,4)17-12)11(9-15)16(10)8-6-2/h5-6,10-13H,1-2,7-9H2,3-4H3/t10-,11-,12-,13+/m0/s1. The third-order valence-electron chi connectivity index (χ3n) is 3.68. The number of hydrogen-bond acceptors (Lipinski definition) is 3. The molecule has 2 saturated heterocycles. The van der Waals surface area contributed by atoms with E-state index >= 15 is 0 Å². The van der Waals surface area contributed by atoms with Crippen LogP contribution in [0.4, 0.5) is 0 Å². The Morgan fingerprint density at radius 2 is 1.78 bits per heavy atom. The van der Waals surface area contributed by atoms with Gasteiger partial charge in [0.15, 0.2) is 5.79 Å². The molecule has 2 fully saturated rings. The highest BCUT2D eigenvalue weighted by molar-refractivity contribution is 14.1. The van der Waals surface area contributed by atoms with E-state index in [-0.39, 0.29) is 12.2 Å². The average Bonchev–Trinajstić information content (AvgIpc) is 2.73. The minimum atomic E-state index is -0.459. The molecule has 2 rings (SSSR count). The molecule has 18 heavy (non-hydrogen) atoms. The predicted molar refractivity (Wildman–Crippen MR) is 82.0 cm³/mol. The highest BCUT2D eigenvalue weighted by Crippen LogP contribution is 2.41. The summed E-state index contributed by atoms with van der Waals surface area (Å²) >= 11 is 2.43. The Labute approximate surface area is 123 Å².